The zero-order valence-electron chi connectivity index (χ0n) is 12.1. The quantitative estimate of drug-likeness (QED) is 0.579. The molecule has 0 saturated heterocycles. The summed E-state index contributed by atoms with van der Waals surface area (Å²) in [6, 6.07) is 9.28. The number of rotatable bonds is 3. The lowest BCUT2D eigenvalue weighted by Crippen LogP contribution is -2.14. The van der Waals surface area contributed by atoms with Crippen LogP contribution in [0.1, 0.15) is 11.3 Å². The van der Waals surface area contributed by atoms with Crippen LogP contribution in [0.4, 0.5) is 5.69 Å². The molecule has 0 saturated carbocycles. The van der Waals surface area contributed by atoms with Gasteiger partial charge in [0.2, 0.25) is 0 Å². The van der Waals surface area contributed by atoms with Crippen molar-refractivity contribution in [2.45, 2.75) is 6.92 Å². The van der Waals surface area contributed by atoms with E-state index in [1.54, 1.807) is 16.7 Å². The molecular weight excluding hydrogens is 332 g/mol. The standard InChI is InChI=1S/C16H11ClN4OS/c1-10-4-2-3-5-12(10)19-15(22)11(9-18)8-13-14(17)20-16-21(13)6-7-23-16/h2-8H,1H3,(H,19,22)/b11-8+. The fraction of sp³-hybridized carbons (Fsp3) is 0.0625. The fourth-order valence-corrected chi connectivity index (χ4v) is 3.09. The average Bonchev–Trinajstić information content (AvgIpc) is 3.08. The number of para-hydroxylation sites is 1. The predicted octanol–water partition coefficient (Wildman–Crippen LogP) is 3.90. The van der Waals surface area contributed by atoms with Gasteiger partial charge in [-0.2, -0.15) is 5.26 Å². The van der Waals surface area contributed by atoms with Gasteiger partial charge in [0.25, 0.3) is 5.91 Å². The number of nitrogens with one attached hydrogen (secondary N) is 1. The smallest absolute Gasteiger partial charge is 0.266 e. The second-order valence-electron chi connectivity index (χ2n) is 4.78. The van der Waals surface area contributed by atoms with E-state index in [1.165, 1.54) is 17.4 Å². The summed E-state index contributed by atoms with van der Waals surface area (Å²) < 4.78 is 1.74. The van der Waals surface area contributed by atoms with Crippen molar-refractivity contribution in [2.75, 3.05) is 5.32 Å². The summed E-state index contributed by atoms with van der Waals surface area (Å²) in [6.07, 6.45) is 3.24. The largest absolute Gasteiger partial charge is 0.321 e. The Bertz CT molecular complexity index is 964. The Morgan fingerprint density at radius 3 is 3.00 bits per heavy atom. The topological polar surface area (TPSA) is 70.2 Å². The maximum atomic E-state index is 12.3. The van der Waals surface area contributed by atoms with E-state index in [0.29, 0.717) is 16.3 Å². The minimum absolute atomic E-state index is 0.0387. The minimum Gasteiger partial charge on any atom is -0.321 e. The van der Waals surface area contributed by atoms with Crippen LogP contribution in [0.15, 0.2) is 41.4 Å². The van der Waals surface area contributed by atoms with Gasteiger partial charge in [-0.05, 0) is 24.6 Å². The van der Waals surface area contributed by atoms with Crippen LogP contribution in [0, 0.1) is 18.3 Å². The first-order chi connectivity index (χ1) is 11.1. The third-order valence-electron chi connectivity index (χ3n) is 3.29. The zero-order chi connectivity index (χ0) is 16.4. The Morgan fingerprint density at radius 2 is 2.26 bits per heavy atom. The van der Waals surface area contributed by atoms with Gasteiger partial charge in [0.15, 0.2) is 10.1 Å². The molecule has 0 aliphatic heterocycles. The van der Waals surface area contributed by atoms with Crippen LogP contribution in [0.3, 0.4) is 0 Å². The molecule has 3 rings (SSSR count). The van der Waals surface area contributed by atoms with E-state index in [9.17, 15) is 10.1 Å². The van der Waals surface area contributed by atoms with Gasteiger partial charge in [-0.1, -0.05) is 29.8 Å². The summed E-state index contributed by atoms with van der Waals surface area (Å²) in [5, 5.41) is 14.2. The number of fused-ring (bicyclic) bond motifs is 1. The first-order valence-electron chi connectivity index (χ1n) is 6.70. The van der Waals surface area contributed by atoms with Crippen molar-refractivity contribution >= 4 is 45.6 Å². The van der Waals surface area contributed by atoms with Crippen LogP contribution < -0.4 is 5.32 Å². The Morgan fingerprint density at radius 1 is 1.48 bits per heavy atom. The molecule has 0 spiro atoms. The van der Waals surface area contributed by atoms with E-state index in [-0.39, 0.29) is 10.7 Å². The van der Waals surface area contributed by atoms with E-state index in [4.69, 9.17) is 11.6 Å². The average molecular weight is 343 g/mol. The molecule has 2 aromatic heterocycles. The maximum absolute atomic E-state index is 12.3. The predicted molar refractivity (Wildman–Crippen MR) is 91.5 cm³/mol. The van der Waals surface area contributed by atoms with Crippen LogP contribution in [0.2, 0.25) is 5.15 Å². The third-order valence-corrected chi connectivity index (χ3v) is 4.33. The van der Waals surface area contributed by atoms with Gasteiger partial charge in [-0.15, -0.1) is 11.3 Å². The number of imidazole rings is 1. The highest BCUT2D eigenvalue weighted by Gasteiger charge is 2.15. The molecule has 0 fully saturated rings. The van der Waals surface area contributed by atoms with Crippen LogP contribution in [0.25, 0.3) is 11.0 Å². The number of anilines is 1. The van der Waals surface area contributed by atoms with E-state index in [2.05, 4.69) is 10.3 Å². The van der Waals surface area contributed by atoms with Crippen LogP contribution in [-0.2, 0) is 4.79 Å². The van der Waals surface area contributed by atoms with Crippen molar-refractivity contribution in [3.8, 4) is 6.07 Å². The summed E-state index contributed by atoms with van der Waals surface area (Å²) in [6.45, 7) is 1.88. The molecule has 1 N–H and O–H groups in total. The summed E-state index contributed by atoms with van der Waals surface area (Å²) in [4.78, 5) is 17.2. The fourth-order valence-electron chi connectivity index (χ4n) is 2.09. The number of aromatic nitrogens is 2. The number of hydrogen-bond acceptors (Lipinski definition) is 4. The van der Waals surface area contributed by atoms with E-state index < -0.39 is 5.91 Å². The van der Waals surface area contributed by atoms with E-state index in [1.807, 2.05) is 36.6 Å². The molecule has 0 unspecified atom stereocenters. The number of thiazole rings is 1. The molecule has 5 nitrogen and oxygen atoms in total. The molecule has 114 valence electrons. The molecule has 7 heteroatoms. The highest BCUT2D eigenvalue weighted by Crippen LogP contribution is 2.24. The zero-order valence-corrected chi connectivity index (χ0v) is 13.6. The number of halogens is 1. The second kappa shape index (κ2) is 6.24. The van der Waals surface area contributed by atoms with E-state index in [0.717, 1.165) is 5.56 Å². The SMILES string of the molecule is Cc1ccccc1NC(=O)/C(C#N)=C/c1c(Cl)nc2sccn12. The molecule has 0 aliphatic carbocycles. The number of hydrogen-bond donors (Lipinski definition) is 1. The Kier molecular flexibility index (Phi) is 4.15. The van der Waals surface area contributed by atoms with Crippen molar-refractivity contribution in [2.24, 2.45) is 0 Å². The molecular formula is C16H11ClN4OS. The molecule has 1 aromatic carbocycles. The summed E-state index contributed by atoms with van der Waals surface area (Å²) in [5.41, 5.74) is 2.06. The summed E-state index contributed by atoms with van der Waals surface area (Å²) in [7, 11) is 0. The molecule has 2 heterocycles. The van der Waals surface area contributed by atoms with Crippen LogP contribution >= 0.6 is 22.9 Å². The van der Waals surface area contributed by atoms with Crippen molar-refractivity contribution in [3.63, 3.8) is 0 Å². The van der Waals surface area contributed by atoms with Gasteiger partial charge in [0, 0.05) is 17.3 Å². The first-order valence-corrected chi connectivity index (χ1v) is 7.95. The van der Waals surface area contributed by atoms with Crippen LogP contribution in [0.5, 0.6) is 0 Å². The molecule has 23 heavy (non-hydrogen) atoms. The molecule has 1 amide bonds. The number of amides is 1. The van der Waals surface area contributed by atoms with Crippen LogP contribution in [-0.4, -0.2) is 15.3 Å². The Balaban J connectivity index is 1.95. The van der Waals surface area contributed by atoms with Crippen molar-refractivity contribution in [1.29, 1.82) is 5.26 Å². The van der Waals surface area contributed by atoms with Crippen molar-refractivity contribution < 1.29 is 4.79 Å². The Hall–Kier alpha value is -2.62. The van der Waals surface area contributed by atoms with Gasteiger partial charge in [0.05, 0.1) is 5.69 Å². The van der Waals surface area contributed by atoms with Crippen molar-refractivity contribution in [3.05, 3.63) is 57.8 Å². The lowest BCUT2D eigenvalue weighted by Gasteiger charge is -2.07. The number of nitriles is 1. The number of benzene rings is 1. The Labute approximate surface area is 141 Å². The molecule has 0 radical (unpaired) electrons. The lowest BCUT2D eigenvalue weighted by atomic mass is 10.1. The van der Waals surface area contributed by atoms with Crippen molar-refractivity contribution in [1.82, 2.24) is 9.38 Å². The lowest BCUT2D eigenvalue weighted by molar-refractivity contribution is -0.112. The molecule has 0 bridgehead atoms. The molecule has 3 aromatic rings. The number of carbonyl (C=O) groups excluding carboxylic acids is 1. The monoisotopic (exact) mass is 342 g/mol. The number of carbonyl (C=O) groups is 1. The highest BCUT2D eigenvalue weighted by molar-refractivity contribution is 7.15. The van der Waals surface area contributed by atoms with Gasteiger partial charge < -0.3 is 5.32 Å². The van der Waals surface area contributed by atoms with Gasteiger partial charge in [0.1, 0.15) is 11.6 Å². The third kappa shape index (κ3) is 2.97. The number of nitrogens with zero attached hydrogens (tertiary/aromatic N) is 3. The highest BCUT2D eigenvalue weighted by atomic mass is 35.5. The summed E-state index contributed by atoms with van der Waals surface area (Å²) in [5.74, 6) is -0.483. The van der Waals surface area contributed by atoms with Gasteiger partial charge in [-0.3, -0.25) is 9.20 Å². The first kappa shape index (κ1) is 15.3. The van der Waals surface area contributed by atoms with E-state index >= 15 is 0 Å². The van der Waals surface area contributed by atoms with Gasteiger partial charge in [-0.25, -0.2) is 4.98 Å². The summed E-state index contributed by atoms with van der Waals surface area (Å²) >= 11 is 7.51. The van der Waals surface area contributed by atoms with Gasteiger partial charge >= 0.3 is 0 Å². The second-order valence-corrected chi connectivity index (χ2v) is 6.01. The normalized spacial score (nSPS) is 11.4. The molecule has 0 aliphatic rings. The molecule has 0 atom stereocenters. The number of aryl methyl sites for hydroxylation is 1. The maximum Gasteiger partial charge on any atom is 0.266 e. The minimum atomic E-state index is -0.483.